The average Bonchev–Trinajstić information content (AvgIpc) is 2.37. The lowest BCUT2D eigenvalue weighted by atomic mass is 10.3. The molecule has 0 radical (unpaired) electrons. The minimum Gasteiger partial charge on any atom is -0.454 e. The van der Waals surface area contributed by atoms with Crippen molar-refractivity contribution in [2.24, 2.45) is 5.14 Å². The molecule has 0 saturated heterocycles. The van der Waals surface area contributed by atoms with Gasteiger partial charge in [-0.15, -0.1) is 0 Å². The van der Waals surface area contributed by atoms with Crippen molar-refractivity contribution in [1.29, 1.82) is 0 Å². The molecule has 0 bridgehead atoms. The largest absolute Gasteiger partial charge is 0.454 e. The van der Waals surface area contributed by atoms with E-state index >= 15 is 0 Å². The smallest absolute Gasteiger partial charge is 0.238 e. The number of hydrogen-bond donors (Lipinski definition) is 2. The van der Waals surface area contributed by atoms with Crippen molar-refractivity contribution in [2.45, 2.75) is 4.90 Å². The lowest BCUT2D eigenvalue weighted by Crippen LogP contribution is -2.12. The summed E-state index contributed by atoms with van der Waals surface area (Å²) >= 11 is 17.7. The molecule has 0 fully saturated rings. The molecule has 0 aliphatic heterocycles. The van der Waals surface area contributed by atoms with Crippen LogP contribution in [0.1, 0.15) is 0 Å². The van der Waals surface area contributed by atoms with Gasteiger partial charge in [0.25, 0.3) is 0 Å². The van der Waals surface area contributed by atoms with E-state index in [1.54, 1.807) is 0 Å². The molecule has 2 aromatic carbocycles. The highest BCUT2D eigenvalue weighted by Crippen LogP contribution is 2.38. The van der Waals surface area contributed by atoms with Crippen LogP contribution >= 0.6 is 34.8 Å². The topological polar surface area (TPSA) is 95.4 Å². The van der Waals surface area contributed by atoms with Gasteiger partial charge >= 0.3 is 0 Å². The number of sulfonamides is 1. The Morgan fingerprint density at radius 3 is 2.14 bits per heavy atom. The molecule has 0 saturated carbocycles. The van der Waals surface area contributed by atoms with Crippen LogP contribution in [0.2, 0.25) is 15.1 Å². The Morgan fingerprint density at radius 1 is 0.905 bits per heavy atom. The third-order valence-corrected chi connectivity index (χ3v) is 4.44. The van der Waals surface area contributed by atoms with Gasteiger partial charge in [-0.05, 0) is 18.2 Å². The molecule has 5 nitrogen and oxygen atoms in total. The number of nitrogens with two attached hydrogens (primary N) is 2. The Labute approximate surface area is 136 Å². The van der Waals surface area contributed by atoms with Crippen molar-refractivity contribution in [1.82, 2.24) is 0 Å². The van der Waals surface area contributed by atoms with Crippen LogP contribution in [0.25, 0.3) is 0 Å². The van der Waals surface area contributed by atoms with Gasteiger partial charge in [0.1, 0.15) is 5.75 Å². The molecule has 0 aromatic heterocycles. The van der Waals surface area contributed by atoms with Crippen molar-refractivity contribution in [3.05, 3.63) is 45.4 Å². The molecule has 0 aliphatic rings. The zero-order valence-corrected chi connectivity index (χ0v) is 13.4. The van der Waals surface area contributed by atoms with Gasteiger partial charge in [-0.1, -0.05) is 34.8 Å². The average molecular weight is 368 g/mol. The van der Waals surface area contributed by atoms with E-state index in [9.17, 15) is 8.42 Å². The predicted molar refractivity (Wildman–Crippen MR) is 83.8 cm³/mol. The lowest BCUT2D eigenvalue weighted by Gasteiger charge is -2.12. The van der Waals surface area contributed by atoms with Crippen LogP contribution in [0.15, 0.2) is 35.2 Å². The van der Waals surface area contributed by atoms with Crippen LogP contribution < -0.4 is 15.6 Å². The summed E-state index contributed by atoms with van der Waals surface area (Å²) in [5, 5.41) is 5.75. The second kappa shape index (κ2) is 5.90. The molecule has 0 spiro atoms. The summed E-state index contributed by atoms with van der Waals surface area (Å²) in [6.07, 6.45) is 0. The summed E-state index contributed by atoms with van der Waals surface area (Å²) in [6.45, 7) is 0. The Bertz CT molecular complexity index is 810. The summed E-state index contributed by atoms with van der Waals surface area (Å²) in [4.78, 5) is -0.136. The van der Waals surface area contributed by atoms with Crippen LogP contribution in [-0.2, 0) is 10.0 Å². The van der Waals surface area contributed by atoms with Crippen LogP contribution in [0.3, 0.4) is 0 Å². The Morgan fingerprint density at radius 2 is 1.52 bits per heavy atom. The first kappa shape index (κ1) is 16.2. The fourth-order valence-corrected chi connectivity index (χ4v) is 2.59. The number of nitrogen functional groups attached to an aromatic ring is 1. The number of primary sulfonamides is 1. The number of ether oxygens (including phenoxy) is 1. The minimum atomic E-state index is -3.88. The van der Waals surface area contributed by atoms with Gasteiger partial charge < -0.3 is 10.5 Å². The predicted octanol–water partition coefficient (Wildman–Crippen LogP) is 3.67. The maximum atomic E-state index is 11.3. The fraction of sp³-hybridized carbons (Fsp3) is 0. The summed E-state index contributed by atoms with van der Waals surface area (Å²) < 4.78 is 28.2. The fourth-order valence-electron chi connectivity index (χ4n) is 1.48. The summed E-state index contributed by atoms with van der Waals surface area (Å²) in [6, 6.07) is 6.63. The zero-order valence-electron chi connectivity index (χ0n) is 10.3. The normalized spacial score (nSPS) is 11.4. The molecule has 2 rings (SSSR count). The van der Waals surface area contributed by atoms with Crippen molar-refractivity contribution < 1.29 is 13.2 Å². The standard InChI is InChI=1S/C12H9Cl3N2O3S/c13-7-4-9(15)11(5-8(7)14)20-12-3-6(21(17,18)19)1-2-10(12)16/h1-5H,16H2,(H2,17,18,19). The molecule has 4 N–H and O–H groups in total. The molecule has 112 valence electrons. The monoisotopic (exact) mass is 366 g/mol. The van der Waals surface area contributed by atoms with Crippen LogP contribution in [0, 0.1) is 0 Å². The van der Waals surface area contributed by atoms with Crippen molar-refractivity contribution in [3.63, 3.8) is 0 Å². The Balaban J connectivity index is 2.47. The lowest BCUT2D eigenvalue weighted by molar-refractivity contribution is 0.483. The van der Waals surface area contributed by atoms with Gasteiger partial charge in [-0.3, -0.25) is 0 Å². The van der Waals surface area contributed by atoms with Gasteiger partial charge in [0.2, 0.25) is 10.0 Å². The maximum absolute atomic E-state index is 11.3. The second-order valence-electron chi connectivity index (χ2n) is 4.04. The number of benzene rings is 2. The van der Waals surface area contributed by atoms with Gasteiger partial charge in [-0.2, -0.15) is 0 Å². The van der Waals surface area contributed by atoms with Crippen molar-refractivity contribution >= 4 is 50.5 Å². The Kier molecular flexibility index (Phi) is 4.55. The highest BCUT2D eigenvalue weighted by Gasteiger charge is 2.14. The number of halogens is 3. The van der Waals surface area contributed by atoms with Crippen LogP contribution in [0.4, 0.5) is 5.69 Å². The third kappa shape index (κ3) is 3.72. The van der Waals surface area contributed by atoms with Gasteiger partial charge in [0.05, 0.1) is 25.7 Å². The molecule has 9 heteroatoms. The van der Waals surface area contributed by atoms with Gasteiger partial charge in [0.15, 0.2) is 5.75 Å². The van der Waals surface area contributed by atoms with E-state index in [2.05, 4.69) is 0 Å². The summed E-state index contributed by atoms with van der Waals surface area (Å²) in [7, 11) is -3.88. The highest BCUT2D eigenvalue weighted by molar-refractivity contribution is 7.89. The molecular weight excluding hydrogens is 359 g/mol. The first-order valence-electron chi connectivity index (χ1n) is 5.43. The van der Waals surface area contributed by atoms with E-state index < -0.39 is 10.0 Å². The number of anilines is 1. The van der Waals surface area contributed by atoms with E-state index in [0.29, 0.717) is 0 Å². The van der Waals surface area contributed by atoms with E-state index in [1.807, 2.05) is 0 Å². The zero-order chi connectivity index (χ0) is 15.8. The van der Waals surface area contributed by atoms with E-state index in [4.69, 9.17) is 50.4 Å². The van der Waals surface area contributed by atoms with E-state index in [-0.39, 0.29) is 37.1 Å². The minimum absolute atomic E-state index is 0.0850. The second-order valence-corrected chi connectivity index (χ2v) is 6.83. The van der Waals surface area contributed by atoms with Crippen molar-refractivity contribution in [3.8, 4) is 11.5 Å². The third-order valence-electron chi connectivity index (χ3n) is 2.51. The van der Waals surface area contributed by atoms with Crippen molar-refractivity contribution in [2.75, 3.05) is 5.73 Å². The molecular formula is C12H9Cl3N2O3S. The number of rotatable bonds is 3. The SMILES string of the molecule is Nc1ccc(S(N)(=O)=O)cc1Oc1cc(Cl)c(Cl)cc1Cl. The quantitative estimate of drug-likeness (QED) is 0.639. The van der Waals surface area contributed by atoms with Crippen LogP contribution in [0.5, 0.6) is 11.5 Å². The first-order valence-corrected chi connectivity index (χ1v) is 8.11. The molecule has 0 unspecified atom stereocenters. The summed E-state index contributed by atoms with van der Waals surface area (Å²) in [5.74, 6) is 0.270. The number of hydrogen-bond acceptors (Lipinski definition) is 4. The van der Waals surface area contributed by atoms with Gasteiger partial charge in [0, 0.05) is 12.1 Å². The Hall–Kier alpha value is -1.18. The molecule has 21 heavy (non-hydrogen) atoms. The van der Waals surface area contributed by atoms with E-state index in [1.165, 1.54) is 30.3 Å². The summed E-state index contributed by atoms with van der Waals surface area (Å²) in [5.41, 5.74) is 5.95. The molecule has 0 amide bonds. The van der Waals surface area contributed by atoms with Crippen LogP contribution in [-0.4, -0.2) is 8.42 Å². The van der Waals surface area contributed by atoms with E-state index in [0.717, 1.165) is 0 Å². The highest BCUT2D eigenvalue weighted by atomic mass is 35.5. The molecule has 2 aromatic rings. The molecule has 0 aliphatic carbocycles. The maximum Gasteiger partial charge on any atom is 0.238 e. The first-order chi connectivity index (χ1) is 9.68. The molecule has 0 heterocycles. The van der Waals surface area contributed by atoms with Gasteiger partial charge in [-0.25, -0.2) is 13.6 Å². The molecule has 0 atom stereocenters.